The van der Waals surface area contributed by atoms with Gasteiger partial charge in [-0.1, -0.05) is 6.07 Å². The van der Waals surface area contributed by atoms with Crippen LogP contribution in [-0.2, 0) is 20.2 Å². The normalized spacial score (nSPS) is 21.9. The van der Waals surface area contributed by atoms with E-state index in [1.807, 2.05) is 17.8 Å². The minimum absolute atomic E-state index is 0.137. The van der Waals surface area contributed by atoms with E-state index in [-0.39, 0.29) is 16.4 Å². The number of anilines is 1. The van der Waals surface area contributed by atoms with Gasteiger partial charge in [-0.3, -0.25) is 4.31 Å². The van der Waals surface area contributed by atoms with Crippen LogP contribution in [0.15, 0.2) is 47.4 Å². The molecule has 8 heteroatoms. The summed E-state index contributed by atoms with van der Waals surface area (Å²) in [5, 5.41) is 0. The molecule has 2 aliphatic heterocycles. The molecule has 170 valence electrons. The predicted molar refractivity (Wildman–Crippen MR) is 125 cm³/mol. The molecule has 0 N–H and O–H groups in total. The average Bonchev–Trinajstić information content (AvgIpc) is 3.63. The Morgan fingerprint density at radius 2 is 1.84 bits per heavy atom. The zero-order valence-corrected chi connectivity index (χ0v) is 19.9. The number of benzene rings is 2. The van der Waals surface area contributed by atoms with Gasteiger partial charge < -0.3 is 9.47 Å². The lowest BCUT2D eigenvalue weighted by molar-refractivity contribution is 0.0600. The number of methoxy groups -OCH3 is 2. The number of ether oxygens (including phenoxy) is 2. The van der Waals surface area contributed by atoms with Crippen LogP contribution in [0.3, 0.4) is 0 Å². The maximum atomic E-state index is 14.1. The van der Waals surface area contributed by atoms with Gasteiger partial charge in [-0.25, -0.2) is 13.2 Å². The highest BCUT2D eigenvalue weighted by molar-refractivity contribution is 7.99. The summed E-state index contributed by atoms with van der Waals surface area (Å²) >= 11 is 1.91. The first-order chi connectivity index (χ1) is 15.4. The predicted octanol–water partition coefficient (Wildman–Crippen LogP) is 4.23. The van der Waals surface area contributed by atoms with Crippen LogP contribution in [0.5, 0.6) is 5.75 Å². The van der Waals surface area contributed by atoms with Crippen molar-refractivity contribution in [1.29, 1.82) is 0 Å². The van der Waals surface area contributed by atoms with Crippen LogP contribution < -0.4 is 9.04 Å². The zero-order chi connectivity index (χ0) is 22.5. The molecule has 1 unspecified atom stereocenters. The van der Waals surface area contributed by atoms with Crippen molar-refractivity contribution < 1.29 is 22.7 Å². The minimum Gasteiger partial charge on any atom is -0.497 e. The first-order valence-corrected chi connectivity index (χ1v) is 13.5. The van der Waals surface area contributed by atoms with E-state index in [0.717, 1.165) is 42.8 Å². The highest BCUT2D eigenvalue weighted by Gasteiger charge is 2.59. The van der Waals surface area contributed by atoms with Crippen LogP contribution in [-0.4, -0.2) is 46.2 Å². The first kappa shape index (κ1) is 21.6. The number of esters is 1. The van der Waals surface area contributed by atoms with E-state index < -0.39 is 16.0 Å². The lowest BCUT2D eigenvalue weighted by Crippen LogP contribution is -2.50. The fourth-order valence-corrected chi connectivity index (χ4v) is 8.47. The molecular weight excluding hydrogens is 446 g/mol. The second kappa shape index (κ2) is 7.99. The van der Waals surface area contributed by atoms with Crippen LogP contribution in [0.25, 0.3) is 0 Å². The standard InChI is InChI=1S/C24H27NO5S2/c1-29-18-4-3-5-19(15-18)32(27,28)25-21-9-8-17(23(26)30-2)14-20(21)24(10-12-31-13-11-24)22(25)16-6-7-16/h3-5,8-9,14-16,22H,6-7,10-13H2,1-2H3. The van der Waals surface area contributed by atoms with E-state index in [0.29, 0.717) is 22.9 Å². The second-order valence-corrected chi connectivity index (χ2v) is 11.8. The summed E-state index contributed by atoms with van der Waals surface area (Å²) in [6.07, 6.45) is 3.87. The molecule has 2 heterocycles. The molecule has 1 aliphatic carbocycles. The van der Waals surface area contributed by atoms with Gasteiger partial charge >= 0.3 is 5.97 Å². The molecule has 6 nitrogen and oxygen atoms in total. The van der Waals surface area contributed by atoms with Crippen LogP contribution in [0.2, 0.25) is 0 Å². The van der Waals surface area contributed by atoms with Crippen molar-refractivity contribution in [3.05, 3.63) is 53.6 Å². The SMILES string of the molecule is COC(=O)c1ccc2c(c1)C1(CCSCC1)C(C1CC1)N2S(=O)(=O)c1cccc(OC)c1. The summed E-state index contributed by atoms with van der Waals surface area (Å²) in [5.74, 6) is 2.41. The van der Waals surface area contributed by atoms with Gasteiger partial charge in [0, 0.05) is 11.5 Å². The molecule has 2 aromatic rings. The fraction of sp³-hybridized carbons (Fsp3) is 0.458. The monoisotopic (exact) mass is 473 g/mol. The highest BCUT2D eigenvalue weighted by atomic mass is 32.2. The van der Waals surface area contributed by atoms with E-state index in [4.69, 9.17) is 9.47 Å². The topological polar surface area (TPSA) is 72.9 Å². The van der Waals surface area contributed by atoms with Crippen molar-refractivity contribution in [2.45, 2.75) is 42.0 Å². The largest absolute Gasteiger partial charge is 0.497 e. The molecule has 1 saturated heterocycles. The number of thioether (sulfide) groups is 1. The minimum atomic E-state index is -3.82. The lowest BCUT2D eigenvalue weighted by Gasteiger charge is -2.41. The smallest absolute Gasteiger partial charge is 0.337 e. The molecule has 0 bridgehead atoms. The number of nitrogens with zero attached hydrogens (tertiary/aromatic N) is 1. The number of hydrogen-bond acceptors (Lipinski definition) is 6. The van der Waals surface area contributed by atoms with Gasteiger partial charge in [0.1, 0.15) is 5.75 Å². The lowest BCUT2D eigenvalue weighted by atomic mass is 9.70. The quantitative estimate of drug-likeness (QED) is 0.605. The molecule has 5 rings (SSSR count). The molecule has 32 heavy (non-hydrogen) atoms. The number of carbonyl (C=O) groups excluding carboxylic acids is 1. The van der Waals surface area contributed by atoms with Crippen LogP contribution in [0.1, 0.15) is 41.6 Å². The molecule has 0 amide bonds. The number of fused-ring (bicyclic) bond motifs is 2. The van der Waals surface area contributed by atoms with Gasteiger partial charge in [0.2, 0.25) is 0 Å². The molecule has 3 aliphatic rings. The molecule has 0 aromatic heterocycles. The number of rotatable bonds is 5. The molecule has 0 radical (unpaired) electrons. The summed E-state index contributed by atoms with van der Waals surface area (Å²) in [4.78, 5) is 12.5. The van der Waals surface area contributed by atoms with Crippen molar-refractivity contribution in [1.82, 2.24) is 0 Å². The van der Waals surface area contributed by atoms with Crippen molar-refractivity contribution in [2.24, 2.45) is 5.92 Å². The van der Waals surface area contributed by atoms with E-state index in [1.54, 1.807) is 40.7 Å². The summed E-state index contributed by atoms with van der Waals surface area (Å²) < 4.78 is 40.1. The third-order valence-electron chi connectivity index (χ3n) is 7.06. The van der Waals surface area contributed by atoms with E-state index in [2.05, 4.69) is 0 Å². The Bertz CT molecular complexity index is 1150. The van der Waals surface area contributed by atoms with Crippen molar-refractivity contribution >= 4 is 33.4 Å². The Kier molecular flexibility index (Phi) is 5.40. The summed E-state index contributed by atoms with van der Waals surface area (Å²) in [6, 6.07) is 11.9. The Labute approximate surface area is 193 Å². The van der Waals surface area contributed by atoms with Gasteiger partial charge in [0.25, 0.3) is 10.0 Å². The van der Waals surface area contributed by atoms with Crippen LogP contribution in [0.4, 0.5) is 5.69 Å². The number of hydrogen-bond donors (Lipinski definition) is 0. The number of sulfonamides is 1. The summed E-state index contributed by atoms with van der Waals surface area (Å²) in [6.45, 7) is 0. The fourth-order valence-electron chi connectivity index (χ4n) is 5.42. The second-order valence-electron chi connectivity index (χ2n) is 8.75. The van der Waals surface area contributed by atoms with E-state index in [1.165, 1.54) is 14.2 Å². The molecule has 2 fully saturated rings. The highest BCUT2D eigenvalue weighted by Crippen LogP contribution is 2.59. The molecular formula is C24H27NO5S2. The Hall–Kier alpha value is -2.19. The van der Waals surface area contributed by atoms with Crippen molar-refractivity contribution in [3.8, 4) is 5.75 Å². The maximum absolute atomic E-state index is 14.1. The maximum Gasteiger partial charge on any atom is 0.337 e. The van der Waals surface area contributed by atoms with E-state index >= 15 is 0 Å². The zero-order valence-electron chi connectivity index (χ0n) is 18.2. The molecule has 1 spiro atoms. The molecule has 1 saturated carbocycles. The Balaban J connectivity index is 1.71. The summed E-state index contributed by atoms with van der Waals surface area (Å²) in [7, 11) is -0.918. The van der Waals surface area contributed by atoms with E-state index in [9.17, 15) is 13.2 Å². The van der Waals surface area contributed by atoms with Crippen LogP contribution in [0, 0.1) is 5.92 Å². The van der Waals surface area contributed by atoms with Crippen molar-refractivity contribution in [3.63, 3.8) is 0 Å². The van der Waals surface area contributed by atoms with Gasteiger partial charge in [-0.15, -0.1) is 0 Å². The summed E-state index contributed by atoms with van der Waals surface area (Å²) in [5.41, 5.74) is 1.87. The van der Waals surface area contributed by atoms with Gasteiger partial charge in [-0.05, 0) is 79.0 Å². The van der Waals surface area contributed by atoms with Gasteiger partial charge in [0.05, 0.1) is 36.4 Å². The average molecular weight is 474 g/mol. The Morgan fingerprint density at radius 1 is 1.09 bits per heavy atom. The third-order valence-corrected chi connectivity index (χ3v) is 9.84. The van der Waals surface area contributed by atoms with Gasteiger partial charge in [-0.2, -0.15) is 11.8 Å². The van der Waals surface area contributed by atoms with Gasteiger partial charge in [0.15, 0.2) is 0 Å². The molecule has 2 aromatic carbocycles. The molecule has 1 atom stereocenters. The number of carbonyl (C=O) groups is 1. The third kappa shape index (κ3) is 3.30. The van der Waals surface area contributed by atoms with Crippen LogP contribution >= 0.6 is 11.8 Å². The first-order valence-electron chi connectivity index (χ1n) is 10.9. The Morgan fingerprint density at radius 3 is 2.50 bits per heavy atom. The van der Waals surface area contributed by atoms with Crippen molar-refractivity contribution in [2.75, 3.05) is 30.0 Å².